The highest BCUT2D eigenvalue weighted by molar-refractivity contribution is 6.26. The van der Waals surface area contributed by atoms with Crippen molar-refractivity contribution in [1.82, 2.24) is 24.9 Å². The van der Waals surface area contributed by atoms with Crippen molar-refractivity contribution in [3.8, 4) is 0 Å². The summed E-state index contributed by atoms with van der Waals surface area (Å²) < 4.78 is 0. The Labute approximate surface area is 460 Å². The number of aryl methyl sites for hydroxylation is 1. The van der Waals surface area contributed by atoms with Crippen LogP contribution in [0, 0.1) is 6.92 Å². The lowest BCUT2D eigenvalue weighted by molar-refractivity contribution is 0.0555. The summed E-state index contributed by atoms with van der Waals surface area (Å²) in [5, 5.41) is 6.41. The van der Waals surface area contributed by atoms with E-state index in [9.17, 15) is 43.2 Å². The summed E-state index contributed by atoms with van der Waals surface area (Å²) >= 11 is 0. The molecule has 15 nitrogen and oxygen atoms in total. The molecular formula is C64H66N6O9. The van der Waals surface area contributed by atoms with Crippen LogP contribution in [-0.4, -0.2) is 103 Å². The van der Waals surface area contributed by atoms with Crippen LogP contribution >= 0.6 is 0 Å². The van der Waals surface area contributed by atoms with Gasteiger partial charge in [-0.3, -0.25) is 57.9 Å². The summed E-state index contributed by atoms with van der Waals surface area (Å²) in [6.45, 7) is 21.6. The van der Waals surface area contributed by atoms with E-state index < -0.39 is 5.91 Å². The van der Waals surface area contributed by atoms with Gasteiger partial charge in [0.2, 0.25) is 5.91 Å². The molecule has 15 heteroatoms. The molecule has 3 N–H and O–H groups in total. The van der Waals surface area contributed by atoms with Gasteiger partial charge in [-0.05, 0) is 152 Å². The zero-order chi connectivity index (χ0) is 57.7. The van der Waals surface area contributed by atoms with Gasteiger partial charge in [0.05, 0.1) is 33.4 Å². The molecule has 79 heavy (non-hydrogen) atoms. The fraction of sp³-hybridized carbons (Fsp3) is 0.266. The maximum atomic E-state index is 12.4. The molecule has 0 saturated heterocycles. The van der Waals surface area contributed by atoms with Crippen LogP contribution in [0.3, 0.4) is 0 Å². The molecule has 0 saturated carbocycles. The first-order chi connectivity index (χ1) is 37.4. The summed E-state index contributed by atoms with van der Waals surface area (Å²) in [5.41, 5.74) is 12.1. The smallest absolute Gasteiger partial charge is 0.261 e. The molecule has 0 atom stereocenters. The lowest BCUT2D eigenvalue weighted by Gasteiger charge is -2.30. The molecule has 4 heterocycles. The average molecular weight is 1060 g/mol. The SMILES string of the molecule is CC(C)N1C(=O)c2cc3ccccc3cc2C1=O.CC(C)N1C(=O)c2cccc3cccc(c23)C1=O.CC(C)N1Cc2ccccc2C1=O.CC(C)NC(=O)c1ccccc1C(N)=O.Cc1ccc2c(c1)C(=O)N(C(C)C)C2=O. The number of carbonyl (C=O) groups is 9. The van der Waals surface area contributed by atoms with Crippen LogP contribution < -0.4 is 11.1 Å². The highest BCUT2D eigenvalue weighted by atomic mass is 16.2. The first-order valence-electron chi connectivity index (χ1n) is 26.3. The second-order valence-corrected chi connectivity index (χ2v) is 20.9. The van der Waals surface area contributed by atoms with Crippen molar-refractivity contribution < 1.29 is 43.2 Å². The quantitative estimate of drug-likeness (QED) is 0.146. The zero-order valence-electron chi connectivity index (χ0n) is 46.4. The molecule has 4 aliphatic rings. The van der Waals surface area contributed by atoms with Gasteiger partial charge in [-0.2, -0.15) is 0 Å². The number of benzene rings is 7. The molecule has 4 aliphatic heterocycles. The highest BCUT2D eigenvalue weighted by Crippen LogP contribution is 2.32. The Hall–Kier alpha value is -9.11. The number of hydrogen-bond acceptors (Lipinski definition) is 9. The summed E-state index contributed by atoms with van der Waals surface area (Å²) in [5.74, 6) is -1.81. The van der Waals surface area contributed by atoms with E-state index in [1.165, 1.54) is 20.8 Å². The zero-order valence-corrected chi connectivity index (χ0v) is 46.4. The monoisotopic (exact) mass is 1060 g/mol. The number of hydrogen-bond donors (Lipinski definition) is 2. The first-order valence-corrected chi connectivity index (χ1v) is 26.3. The molecule has 11 rings (SSSR count). The first kappa shape index (κ1) is 57.6. The van der Waals surface area contributed by atoms with E-state index in [1.807, 2.05) is 172 Å². The molecule has 0 fully saturated rings. The van der Waals surface area contributed by atoms with Crippen molar-refractivity contribution in [2.45, 2.75) is 113 Å². The van der Waals surface area contributed by atoms with Crippen molar-refractivity contribution >= 4 is 74.7 Å². The molecule has 0 aromatic heterocycles. The average Bonchev–Trinajstić information content (AvgIpc) is 4.04. The van der Waals surface area contributed by atoms with Crippen LogP contribution in [0.4, 0.5) is 0 Å². The number of rotatable bonds is 7. The maximum Gasteiger partial charge on any atom is 0.261 e. The van der Waals surface area contributed by atoms with E-state index in [0.717, 1.165) is 44.8 Å². The Kier molecular flexibility index (Phi) is 17.5. The number of primary amides is 1. The van der Waals surface area contributed by atoms with Crippen molar-refractivity contribution in [3.05, 3.63) is 201 Å². The van der Waals surface area contributed by atoms with E-state index in [-0.39, 0.29) is 77.0 Å². The van der Waals surface area contributed by atoms with Gasteiger partial charge in [0.1, 0.15) is 0 Å². The summed E-state index contributed by atoms with van der Waals surface area (Å²) in [4.78, 5) is 113. The standard InChI is InChI=1S/2C15H13NO2.C12H13NO2.C11H14N2O2.C11H13NO/c1-9(2)16-14(17)11-7-3-5-10-6-4-8-12(13(10)11)15(16)18;1-9(2)16-14(17)12-7-10-5-3-4-6-11(10)8-13(12)15(16)18;1-7(2)13-11(14)9-5-4-8(3)6-10(9)12(13)15;1-7(2)13-11(15)9-6-4-3-5-8(9)10(12)14;1-8(2)12-7-9-5-3-4-6-10(9)11(12)13/h2*3-9H,1-2H3;4-7H,1-3H3;3-7H,1-2H3,(H2,12,14)(H,13,15);3-6,8H,7H2,1-2H3. The molecule has 7 aromatic carbocycles. The molecule has 0 spiro atoms. The number of nitrogens with zero attached hydrogens (tertiary/aromatic N) is 4. The van der Waals surface area contributed by atoms with Gasteiger partial charge in [-0.25, -0.2) is 0 Å². The number of nitrogens with one attached hydrogen (secondary N) is 1. The van der Waals surface area contributed by atoms with Crippen LogP contribution in [0.15, 0.2) is 140 Å². The minimum absolute atomic E-state index is 0.0263. The predicted octanol–water partition coefficient (Wildman–Crippen LogP) is 10.7. The number of nitrogens with two attached hydrogens (primary N) is 1. The molecule has 0 unspecified atom stereocenters. The van der Waals surface area contributed by atoms with E-state index in [0.29, 0.717) is 45.0 Å². The molecule has 7 aromatic rings. The largest absolute Gasteiger partial charge is 0.366 e. The van der Waals surface area contributed by atoms with Gasteiger partial charge in [-0.15, -0.1) is 0 Å². The van der Waals surface area contributed by atoms with Crippen LogP contribution in [0.2, 0.25) is 0 Å². The van der Waals surface area contributed by atoms with Gasteiger partial charge in [0.25, 0.3) is 47.3 Å². The van der Waals surface area contributed by atoms with Crippen molar-refractivity contribution in [2.75, 3.05) is 0 Å². The Bertz CT molecular complexity index is 3490. The van der Waals surface area contributed by atoms with E-state index in [4.69, 9.17) is 5.73 Å². The number of imide groups is 3. The second kappa shape index (κ2) is 24.1. The Morgan fingerprint density at radius 1 is 0.418 bits per heavy atom. The number of amides is 9. The van der Waals surface area contributed by atoms with E-state index >= 15 is 0 Å². The Morgan fingerprint density at radius 3 is 1.28 bits per heavy atom. The highest BCUT2D eigenvalue weighted by Gasteiger charge is 2.39. The normalized spacial score (nSPS) is 14.0. The predicted molar refractivity (Wildman–Crippen MR) is 305 cm³/mol. The second-order valence-electron chi connectivity index (χ2n) is 20.9. The van der Waals surface area contributed by atoms with E-state index in [2.05, 4.69) is 5.32 Å². The third kappa shape index (κ3) is 11.9. The topological polar surface area (TPSA) is 205 Å². The van der Waals surface area contributed by atoms with Crippen molar-refractivity contribution in [3.63, 3.8) is 0 Å². The molecule has 0 bridgehead atoms. The molecule has 9 amide bonds. The van der Waals surface area contributed by atoms with Crippen molar-refractivity contribution in [1.29, 1.82) is 0 Å². The van der Waals surface area contributed by atoms with Crippen LogP contribution in [0.25, 0.3) is 21.5 Å². The lowest BCUT2D eigenvalue weighted by atomic mass is 9.93. The van der Waals surface area contributed by atoms with Gasteiger partial charge in [-0.1, -0.05) is 90.5 Å². The van der Waals surface area contributed by atoms with Gasteiger partial charge in [0.15, 0.2) is 0 Å². The Balaban J connectivity index is 0.000000144. The minimum atomic E-state index is -0.593. The fourth-order valence-corrected chi connectivity index (χ4v) is 9.71. The fourth-order valence-electron chi connectivity index (χ4n) is 9.71. The maximum absolute atomic E-state index is 12.4. The summed E-state index contributed by atoms with van der Waals surface area (Å²) in [6.07, 6.45) is 0. The minimum Gasteiger partial charge on any atom is -0.366 e. The molecular weight excluding hydrogens is 997 g/mol. The summed E-state index contributed by atoms with van der Waals surface area (Å²) in [7, 11) is 0. The van der Waals surface area contributed by atoms with E-state index in [1.54, 1.807) is 42.5 Å². The van der Waals surface area contributed by atoms with Crippen molar-refractivity contribution in [2.24, 2.45) is 5.73 Å². The van der Waals surface area contributed by atoms with Crippen LogP contribution in [-0.2, 0) is 6.54 Å². The van der Waals surface area contributed by atoms with Gasteiger partial charge >= 0.3 is 0 Å². The van der Waals surface area contributed by atoms with Crippen LogP contribution in [0.1, 0.15) is 174 Å². The van der Waals surface area contributed by atoms with Gasteiger partial charge in [0, 0.05) is 58.8 Å². The number of carbonyl (C=O) groups excluding carboxylic acids is 9. The number of fused-ring (bicyclic) bond motifs is 4. The molecule has 0 radical (unpaired) electrons. The lowest BCUT2D eigenvalue weighted by Crippen LogP contribution is -2.44. The van der Waals surface area contributed by atoms with Gasteiger partial charge < -0.3 is 16.0 Å². The molecule has 0 aliphatic carbocycles. The molecule has 406 valence electrons. The third-order valence-electron chi connectivity index (χ3n) is 13.5. The van der Waals surface area contributed by atoms with Crippen LogP contribution in [0.5, 0.6) is 0 Å². The Morgan fingerprint density at radius 2 is 0.823 bits per heavy atom. The summed E-state index contributed by atoms with van der Waals surface area (Å²) in [6, 6.07) is 42.2. The third-order valence-corrected chi connectivity index (χ3v) is 13.5.